The number of carbonyl (C=O) groups is 1. The normalized spacial score (nSPS) is 14.4. The van der Waals surface area contributed by atoms with Crippen LogP contribution in [0, 0.1) is 6.92 Å². The SMILES string of the molecule is Cc1ccc(-c2cc(C(=O)N3CCN(c4cccc(Cl)c4)CC3)[nH]n2)c(O)c1. The molecule has 0 atom stereocenters. The number of anilines is 1. The molecule has 2 N–H and O–H groups in total. The van der Waals surface area contributed by atoms with Gasteiger partial charge in [0.1, 0.15) is 11.4 Å². The number of aromatic hydroxyl groups is 1. The van der Waals surface area contributed by atoms with Crippen molar-refractivity contribution in [1.29, 1.82) is 0 Å². The number of hydrogen-bond donors (Lipinski definition) is 2. The number of phenolic OH excluding ortho intramolecular Hbond substituents is 1. The smallest absolute Gasteiger partial charge is 0.272 e. The average Bonchev–Trinajstić information content (AvgIpc) is 3.17. The molecule has 0 radical (unpaired) electrons. The lowest BCUT2D eigenvalue weighted by Gasteiger charge is -2.36. The molecule has 0 unspecified atom stereocenters. The molecule has 1 saturated heterocycles. The van der Waals surface area contributed by atoms with Gasteiger partial charge in [-0.05, 0) is 48.9 Å². The number of nitrogens with one attached hydrogen (secondary N) is 1. The van der Waals surface area contributed by atoms with E-state index in [0.29, 0.717) is 35.1 Å². The second-order valence-corrected chi connectivity index (χ2v) is 7.38. The molecule has 3 aromatic rings. The summed E-state index contributed by atoms with van der Waals surface area (Å²) in [6.07, 6.45) is 0. The highest BCUT2D eigenvalue weighted by Crippen LogP contribution is 2.29. The van der Waals surface area contributed by atoms with Crippen LogP contribution < -0.4 is 4.90 Å². The van der Waals surface area contributed by atoms with Gasteiger partial charge in [-0.15, -0.1) is 0 Å². The first-order valence-corrected chi connectivity index (χ1v) is 9.54. The van der Waals surface area contributed by atoms with Crippen molar-refractivity contribution in [2.24, 2.45) is 0 Å². The Morgan fingerprint density at radius 2 is 1.89 bits per heavy atom. The largest absolute Gasteiger partial charge is 0.507 e. The molecule has 4 rings (SSSR count). The Kier molecular flexibility index (Phi) is 4.96. The molecule has 1 aliphatic rings. The van der Waals surface area contributed by atoms with Crippen LogP contribution in [0.2, 0.25) is 5.02 Å². The van der Waals surface area contributed by atoms with Crippen LogP contribution in [0.1, 0.15) is 16.1 Å². The van der Waals surface area contributed by atoms with Crippen molar-refractivity contribution in [3.05, 3.63) is 64.8 Å². The predicted molar refractivity (Wildman–Crippen MR) is 110 cm³/mol. The minimum Gasteiger partial charge on any atom is -0.507 e. The van der Waals surface area contributed by atoms with Gasteiger partial charge in [-0.3, -0.25) is 9.89 Å². The number of nitrogens with zero attached hydrogens (tertiary/aromatic N) is 3. The quantitative estimate of drug-likeness (QED) is 0.708. The van der Waals surface area contributed by atoms with E-state index in [2.05, 4.69) is 15.1 Å². The molecule has 0 saturated carbocycles. The van der Waals surface area contributed by atoms with Gasteiger partial charge >= 0.3 is 0 Å². The van der Waals surface area contributed by atoms with Crippen LogP contribution in [0.5, 0.6) is 5.75 Å². The predicted octanol–water partition coefficient (Wildman–Crippen LogP) is 3.71. The number of halogens is 1. The number of carbonyl (C=O) groups excluding carboxylic acids is 1. The van der Waals surface area contributed by atoms with Crippen LogP contribution in [0.25, 0.3) is 11.3 Å². The maximum atomic E-state index is 12.8. The molecular weight excluding hydrogens is 376 g/mol. The van der Waals surface area contributed by atoms with Gasteiger partial charge < -0.3 is 14.9 Å². The van der Waals surface area contributed by atoms with E-state index in [1.807, 2.05) is 42.2 Å². The average molecular weight is 397 g/mol. The summed E-state index contributed by atoms with van der Waals surface area (Å²) in [5.74, 6) is 0.0664. The maximum absolute atomic E-state index is 12.8. The van der Waals surface area contributed by atoms with Crippen molar-refractivity contribution in [3.63, 3.8) is 0 Å². The highest BCUT2D eigenvalue weighted by Gasteiger charge is 2.24. The molecule has 1 fully saturated rings. The van der Waals surface area contributed by atoms with Crippen LogP contribution in [-0.2, 0) is 0 Å². The summed E-state index contributed by atoms with van der Waals surface area (Å²) in [4.78, 5) is 16.9. The number of hydrogen-bond acceptors (Lipinski definition) is 4. The van der Waals surface area contributed by atoms with Crippen molar-refractivity contribution in [2.45, 2.75) is 6.92 Å². The van der Waals surface area contributed by atoms with E-state index < -0.39 is 0 Å². The topological polar surface area (TPSA) is 72.5 Å². The van der Waals surface area contributed by atoms with Crippen molar-refractivity contribution >= 4 is 23.2 Å². The number of piperazine rings is 1. The Balaban J connectivity index is 1.44. The third-order valence-electron chi connectivity index (χ3n) is 4.98. The molecule has 28 heavy (non-hydrogen) atoms. The summed E-state index contributed by atoms with van der Waals surface area (Å²) in [5, 5.41) is 17.9. The highest BCUT2D eigenvalue weighted by atomic mass is 35.5. The molecule has 6 nitrogen and oxygen atoms in total. The van der Waals surface area contributed by atoms with Gasteiger partial charge in [0, 0.05) is 42.5 Å². The van der Waals surface area contributed by atoms with Crippen LogP contribution >= 0.6 is 11.6 Å². The zero-order valence-electron chi connectivity index (χ0n) is 15.5. The van der Waals surface area contributed by atoms with Gasteiger partial charge in [-0.1, -0.05) is 23.7 Å². The molecule has 1 aromatic heterocycles. The van der Waals surface area contributed by atoms with E-state index >= 15 is 0 Å². The number of benzene rings is 2. The number of aromatic nitrogens is 2. The Labute approximate surface area is 168 Å². The number of aromatic amines is 1. The minimum atomic E-state index is -0.0869. The van der Waals surface area contributed by atoms with Crippen molar-refractivity contribution in [3.8, 4) is 17.0 Å². The summed E-state index contributed by atoms with van der Waals surface area (Å²) in [7, 11) is 0. The molecular formula is C21H21ClN4O2. The van der Waals surface area contributed by atoms with Crippen LogP contribution in [0.3, 0.4) is 0 Å². The molecule has 1 amide bonds. The van der Waals surface area contributed by atoms with Crippen LogP contribution in [0.4, 0.5) is 5.69 Å². The fourth-order valence-corrected chi connectivity index (χ4v) is 3.62. The van der Waals surface area contributed by atoms with E-state index in [0.717, 1.165) is 24.3 Å². The lowest BCUT2D eigenvalue weighted by Crippen LogP contribution is -2.48. The van der Waals surface area contributed by atoms with Crippen molar-refractivity contribution < 1.29 is 9.90 Å². The number of aryl methyl sites for hydroxylation is 1. The summed E-state index contributed by atoms with van der Waals surface area (Å²) in [6.45, 7) is 4.63. The standard InChI is InChI=1S/C21H21ClN4O2/c1-14-5-6-17(20(27)11-14)18-13-19(24-23-18)21(28)26-9-7-25(8-10-26)16-4-2-3-15(22)12-16/h2-6,11-13,27H,7-10H2,1H3,(H,23,24). The molecule has 2 aromatic carbocycles. The highest BCUT2D eigenvalue weighted by molar-refractivity contribution is 6.30. The van der Waals surface area contributed by atoms with E-state index in [1.165, 1.54) is 0 Å². The van der Waals surface area contributed by atoms with Gasteiger partial charge in [-0.25, -0.2) is 0 Å². The summed E-state index contributed by atoms with van der Waals surface area (Å²) < 4.78 is 0. The summed E-state index contributed by atoms with van der Waals surface area (Å²) in [6, 6.07) is 14.8. The molecule has 144 valence electrons. The number of rotatable bonds is 3. The second-order valence-electron chi connectivity index (χ2n) is 6.95. The van der Waals surface area contributed by atoms with Crippen LogP contribution in [-0.4, -0.2) is 52.3 Å². The van der Waals surface area contributed by atoms with Crippen molar-refractivity contribution in [2.75, 3.05) is 31.1 Å². The first kappa shape index (κ1) is 18.4. The molecule has 7 heteroatoms. The van der Waals surface area contributed by atoms with Crippen LogP contribution in [0.15, 0.2) is 48.5 Å². The second kappa shape index (κ2) is 7.56. The summed E-state index contributed by atoms with van der Waals surface area (Å²) >= 11 is 6.08. The van der Waals surface area contributed by atoms with E-state index in [-0.39, 0.29) is 11.7 Å². The number of H-pyrrole nitrogens is 1. The fraction of sp³-hybridized carbons (Fsp3) is 0.238. The molecule has 0 bridgehead atoms. The third-order valence-corrected chi connectivity index (χ3v) is 5.21. The molecule has 0 spiro atoms. The third kappa shape index (κ3) is 3.68. The Bertz CT molecular complexity index is 1010. The lowest BCUT2D eigenvalue weighted by molar-refractivity contribution is 0.0741. The molecule has 0 aliphatic carbocycles. The fourth-order valence-electron chi connectivity index (χ4n) is 3.44. The first-order valence-electron chi connectivity index (χ1n) is 9.16. The molecule has 2 heterocycles. The van der Waals surface area contributed by atoms with Gasteiger partial charge in [0.05, 0.1) is 5.69 Å². The zero-order valence-corrected chi connectivity index (χ0v) is 16.3. The van der Waals surface area contributed by atoms with Gasteiger partial charge in [0.2, 0.25) is 0 Å². The van der Waals surface area contributed by atoms with Crippen molar-refractivity contribution in [1.82, 2.24) is 15.1 Å². The Morgan fingerprint density at radius 3 is 2.61 bits per heavy atom. The van der Waals surface area contributed by atoms with Gasteiger partial charge in [0.25, 0.3) is 5.91 Å². The number of amides is 1. The minimum absolute atomic E-state index is 0.0869. The Hall–Kier alpha value is -2.99. The maximum Gasteiger partial charge on any atom is 0.272 e. The zero-order chi connectivity index (χ0) is 19.7. The summed E-state index contributed by atoms with van der Waals surface area (Å²) in [5.41, 5.74) is 3.61. The lowest BCUT2D eigenvalue weighted by atomic mass is 10.1. The van der Waals surface area contributed by atoms with Gasteiger partial charge in [-0.2, -0.15) is 5.10 Å². The van der Waals surface area contributed by atoms with Gasteiger partial charge in [0.15, 0.2) is 0 Å². The monoisotopic (exact) mass is 396 g/mol. The first-order chi connectivity index (χ1) is 13.5. The number of phenols is 1. The molecule has 1 aliphatic heterocycles. The Morgan fingerprint density at radius 1 is 1.11 bits per heavy atom. The van der Waals surface area contributed by atoms with E-state index in [1.54, 1.807) is 18.2 Å². The van der Waals surface area contributed by atoms with E-state index in [9.17, 15) is 9.90 Å². The van der Waals surface area contributed by atoms with E-state index in [4.69, 9.17) is 11.6 Å².